The third-order valence-corrected chi connectivity index (χ3v) is 5.36. The second-order valence-corrected chi connectivity index (χ2v) is 7.76. The lowest BCUT2D eigenvalue weighted by atomic mass is 10.2. The topological polar surface area (TPSA) is 30.5 Å². The first kappa shape index (κ1) is 21.8. The van der Waals surface area contributed by atoms with E-state index < -0.39 is 5.82 Å². The molecule has 0 amide bonds. The second kappa shape index (κ2) is 9.77. The van der Waals surface area contributed by atoms with E-state index in [2.05, 4.69) is 5.32 Å². The Morgan fingerprint density at radius 2 is 1.59 bits per heavy atom. The maximum atomic E-state index is 13.3. The van der Waals surface area contributed by atoms with Crippen molar-refractivity contribution in [2.45, 2.75) is 13.2 Å². The van der Waals surface area contributed by atoms with Gasteiger partial charge in [-0.05, 0) is 42.0 Å². The molecule has 0 aliphatic rings. The van der Waals surface area contributed by atoms with Gasteiger partial charge in [0.2, 0.25) is 0 Å². The predicted octanol–water partition coefficient (Wildman–Crippen LogP) is 7.64. The molecular weight excluding hydrogens is 459 g/mol. The first-order valence-electron chi connectivity index (χ1n) is 8.49. The van der Waals surface area contributed by atoms with Gasteiger partial charge >= 0.3 is 0 Å². The van der Waals surface area contributed by atoms with Crippen LogP contribution in [-0.2, 0) is 13.2 Å². The van der Waals surface area contributed by atoms with E-state index in [4.69, 9.17) is 55.9 Å². The third kappa shape index (κ3) is 5.61. The zero-order chi connectivity index (χ0) is 21.0. The molecule has 152 valence electrons. The minimum Gasteiger partial charge on any atom is -0.493 e. The average molecular weight is 475 g/mol. The average Bonchev–Trinajstić information content (AvgIpc) is 2.69. The molecule has 0 aromatic heterocycles. The molecule has 3 rings (SSSR count). The minimum atomic E-state index is -0.473. The van der Waals surface area contributed by atoms with Crippen molar-refractivity contribution in [3.8, 4) is 11.5 Å². The van der Waals surface area contributed by atoms with Crippen molar-refractivity contribution in [3.63, 3.8) is 0 Å². The zero-order valence-corrected chi connectivity index (χ0v) is 18.3. The maximum Gasteiger partial charge on any atom is 0.163 e. The predicted molar refractivity (Wildman–Crippen MR) is 118 cm³/mol. The number of nitrogens with one attached hydrogen (secondary N) is 1. The Morgan fingerprint density at radius 1 is 0.828 bits per heavy atom. The van der Waals surface area contributed by atoms with E-state index in [0.717, 1.165) is 11.1 Å². The van der Waals surface area contributed by atoms with E-state index in [9.17, 15) is 4.39 Å². The number of anilines is 1. The standard InChI is InChI=1S/C21H16Cl4FNO2/c1-28-20-6-13(10-27-15-4-5-19(26)18(25)8-15)17(24)9-21(20)29-11-12-2-3-14(22)7-16(12)23/h2-9,27H,10-11H2,1H3. The Hall–Kier alpha value is -1.85. The Labute approximate surface area is 188 Å². The van der Waals surface area contributed by atoms with Gasteiger partial charge in [-0.25, -0.2) is 4.39 Å². The van der Waals surface area contributed by atoms with Crippen molar-refractivity contribution in [2.75, 3.05) is 12.4 Å². The van der Waals surface area contributed by atoms with Crippen LogP contribution in [0.15, 0.2) is 48.5 Å². The fraction of sp³-hybridized carbons (Fsp3) is 0.143. The highest BCUT2D eigenvalue weighted by Crippen LogP contribution is 2.35. The molecule has 0 saturated heterocycles. The van der Waals surface area contributed by atoms with E-state index in [1.54, 1.807) is 43.5 Å². The summed E-state index contributed by atoms with van der Waals surface area (Å²) in [5, 5.41) is 4.75. The highest BCUT2D eigenvalue weighted by molar-refractivity contribution is 6.35. The van der Waals surface area contributed by atoms with Crippen LogP contribution in [0, 0.1) is 5.82 Å². The van der Waals surface area contributed by atoms with Crippen LogP contribution in [0.3, 0.4) is 0 Å². The van der Waals surface area contributed by atoms with Gasteiger partial charge in [-0.1, -0.05) is 52.5 Å². The Kier molecular flexibility index (Phi) is 7.36. The summed E-state index contributed by atoms with van der Waals surface area (Å²) in [6, 6.07) is 13.1. The van der Waals surface area contributed by atoms with Gasteiger partial charge in [-0.3, -0.25) is 0 Å². The smallest absolute Gasteiger partial charge is 0.163 e. The molecule has 0 aliphatic heterocycles. The lowest BCUT2D eigenvalue weighted by molar-refractivity contribution is 0.284. The van der Waals surface area contributed by atoms with Gasteiger partial charge in [-0.2, -0.15) is 0 Å². The van der Waals surface area contributed by atoms with Gasteiger partial charge in [0.1, 0.15) is 12.4 Å². The monoisotopic (exact) mass is 473 g/mol. The SMILES string of the molecule is COc1cc(CNc2ccc(F)c(Cl)c2)c(Cl)cc1OCc1ccc(Cl)cc1Cl. The molecule has 0 bridgehead atoms. The minimum absolute atomic E-state index is 0.0447. The molecule has 0 atom stereocenters. The summed E-state index contributed by atoms with van der Waals surface area (Å²) < 4.78 is 24.6. The van der Waals surface area contributed by atoms with Crippen molar-refractivity contribution in [2.24, 2.45) is 0 Å². The zero-order valence-electron chi connectivity index (χ0n) is 15.2. The Morgan fingerprint density at radius 3 is 2.28 bits per heavy atom. The molecule has 0 spiro atoms. The molecule has 8 heteroatoms. The molecule has 0 saturated carbocycles. The highest BCUT2D eigenvalue weighted by Gasteiger charge is 2.12. The number of rotatable bonds is 7. The normalized spacial score (nSPS) is 10.7. The van der Waals surface area contributed by atoms with Crippen LogP contribution < -0.4 is 14.8 Å². The molecule has 0 radical (unpaired) electrons. The number of hydrogen-bond acceptors (Lipinski definition) is 3. The van der Waals surface area contributed by atoms with Gasteiger partial charge in [0, 0.05) is 38.9 Å². The van der Waals surface area contributed by atoms with Crippen molar-refractivity contribution in [1.82, 2.24) is 0 Å². The van der Waals surface area contributed by atoms with Gasteiger partial charge in [0.25, 0.3) is 0 Å². The van der Waals surface area contributed by atoms with Gasteiger partial charge in [0.15, 0.2) is 11.5 Å². The maximum absolute atomic E-state index is 13.3. The van der Waals surface area contributed by atoms with Crippen LogP contribution in [0.25, 0.3) is 0 Å². The first-order chi connectivity index (χ1) is 13.9. The van der Waals surface area contributed by atoms with Crippen LogP contribution in [-0.4, -0.2) is 7.11 Å². The summed E-state index contributed by atoms with van der Waals surface area (Å²) in [5.41, 5.74) is 2.23. The molecule has 3 aromatic rings. The summed E-state index contributed by atoms with van der Waals surface area (Å²) in [7, 11) is 1.54. The van der Waals surface area contributed by atoms with Crippen molar-refractivity contribution < 1.29 is 13.9 Å². The summed E-state index contributed by atoms with van der Waals surface area (Å²) >= 11 is 24.3. The van der Waals surface area contributed by atoms with Crippen LogP contribution in [0.1, 0.15) is 11.1 Å². The summed E-state index contributed by atoms with van der Waals surface area (Å²) in [5.74, 6) is 0.532. The fourth-order valence-electron chi connectivity index (χ4n) is 2.58. The van der Waals surface area contributed by atoms with E-state index in [1.807, 2.05) is 0 Å². The Bertz CT molecular complexity index is 1030. The van der Waals surface area contributed by atoms with Crippen LogP contribution in [0.5, 0.6) is 11.5 Å². The summed E-state index contributed by atoms with van der Waals surface area (Å²) in [4.78, 5) is 0. The number of hydrogen-bond donors (Lipinski definition) is 1. The van der Waals surface area contributed by atoms with E-state index in [1.165, 1.54) is 12.1 Å². The number of halogens is 5. The molecule has 0 aliphatic carbocycles. The second-order valence-electron chi connectivity index (χ2n) is 6.10. The van der Waals surface area contributed by atoms with Crippen LogP contribution >= 0.6 is 46.4 Å². The van der Waals surface area contributed by atoms with E-state index in [0.29, 0.717) is 38.8 Å². The van der Waals surface area contributed by atoms with Crippen molar-refractivity contribution >= 4 is 52.1 Å². The quantitative estimate of drug-likeness (QED) is 0.381. The summed E-state index contributed by atoms with van der Waals surface area (Å²) in [6.45, 7) is 0.620. The largest absolute Gasteiger partial charge is 0.493 e. The van der Waals surface area contributed by atoms with Crippen LogP contribution in [0.2, 0.25) is 20.1 Å². The lowest BCUT2D eigenvalue weighted by Gasteiger charge is -2.15. The van der Waals surface area contributed by atoms with Gasteiger partial charge in [-0.15, -0.1) is 0 Å². The van der Waals surface area contributed by atoms with Crippen molar-refractivity contribution in [1.29, 1.82) is 0 Å². The molecule has 29 heavy (non-hydrogen) atoms. The molecule has 3 nitrogen and oxygen atoms in total. The molecule has 1 N–H and O–H groups in total. The number of ether oxygens (including phenoxy) is 2. The molecular formula is C21H16Cl4FNO2. The first-order valence-corrected chi connectivity index (χ1v) is 10.0. The molecule has 3 aromatic carbocycles. The van der Waals surface area contributed by atoms with E-state index in [-0.39, 0.29) is 11.6 Å². The molecule has 0 unspecified atom stereocenters. The fourth-order valence-corrected chi connectivity index (χ4v) is 3.45. The molecule has 0 fully saturated rings. The number of benzene rings is 3. The van der Waals surface area contributed by atoms with Crippen LogP contribution in [0.4, 0.5) is 10.1 Å². The summed E-state index contributed by atoms with van der Waals surface area (Å²) in [6.07, 6.45) is 0. The lowest BCUT2D eigenvalue weighted by Crippen LogP contribution is -2.03. The third-order valence-electron chi connectivity index (χ3n) is 4.13. The van der Waals surface area contributed by atoms with Crippen molar-refractivity contribution in [3.05, 3.63) is 85.6 Å². The molecule has 0 heterocycles. The van der Waals surface area contributed by atoms with E-state index >= 15 is 0 Å². The number of methoxy groups -OCH3 is 1. The van der Waals surface area contributed by atoms with Gasteiger partial charge < -0.3 is 14.8 Å². The van der Waals surface area contributed by atoms with Gasteiger partial charge in [0.05, 0.1) is 12.1 Å². The Balaban J connectivity index is 1.73. The highest BCUT2D eigenvalue weighted by atomic mass is 35.5.